The molecule has 1 atom stereocenters. The lowest BCUT2D eigenvalue weighted by Gasteiger charge is -2.32. The van der Waals surface area contributed by atoms with Gasteiger partial charge < -0.3 is 5.11 Å². The molecule has 6 heteroatoms. The smallest absolute Gasteiger partial charge is 0.331 e. The van der Waals surface area contributed by atoms with E-state index in [4.69, 9.17) is 23.2 Å². The van der Waals surface area contributed by atoms with Crippen molar-refractivity contribution in [2.75, 3.05) is 16.3 Å². The minimum Gasteiger partial charge on any atom is -0.365 e. The molecule has 1 saturated heterocycles. The number of hydrogen-bond acceptors (Lipinski definition) is 2. The Morgan fingerprint density at radius 2 is 1.44 bits per heavy atom. The zero-order chi connectivity index (χ0) is 22.9. The molecular formula is C26H26Cl2N2O2. The third-order valence-electron chi connectivity index (χ3n) is 5.79. The van der Waals surface area contributed by atoms with Crippen molar-refractivity contribution in [2.45, 2.75) is 38.3 Å². The molecule has 1 aliphatic carbocycles. The summed E-state index contributed by atoms with van der Waals surface area (Å²) in [5, 5.41) is 13.1. The van der Waals surface area contributed by atoms with Gasteiger partial charge in [-0.25, -0.2) is 4.79 Å². The van der Waals surface area contributed by atoms with Crippen molar-refractivity contribution < 1.29 is 9.90 Å². The highest BCUT2D eigenvalue weighted by Gasteiger charge is 2.51. The summed E-state index contributed by atoms with van der Waals surface area (Å²) < 4.78 is 0. The van der Waals surface area contributed by atoms with Gasteiger partial charge in [0.25, 0.3) is 0 Å². The summed E-state index contributed by atoms with van der Waals surface area (Å²) in [4.78, 5) is 16.5. The van der Waals surface area contributed by atoms with Gasteiger partial charge in [0, 0.05) is 27.0 Å². The maximum Gasteiger partial charge on any atom is 0.331 e. The molecule has 0 bridgehead atoms. The van der Waals surface area contributed by atoms with Gasteiger partial charge >= 0.3 is 6.03 Å². The second-order valence-corrected chi connectivity index (χ2v) is 8.75. The largest absolute Gasteiger partial charge is 0.365 e. The standard InChI is InChI=1S/C24H20Cl2N2O2.C2H6/c25-19-6-10-21(11-7-19)27-15-24(30,18-3-1-2-17(14-18)16-4-5-16)28(23(27)29)22-12-8-20(26)9-13-22;1-2/h1-3,6-14,16,30H,4-5,15H2;1-2H3. The summed E-state index contributed by atoms with van der Waals surface area (Å²) in [5.74, 6) is 0.544. The number of nitrogens with zero attached hydrogens (tertiary/aromatic N) is 2. The molecule has 1 N–H and O–H groups in total. The molecule has 0 aromatic heterocycles. The first-order valence-electron chi connectivity index (χ1n) is 10.9. The molecule has 1 aliphatic heterocycles. The number of rotatable bonds is 4. The number of β-amino-alcohol motifs (C(OH)–C–C–N with tert-alkyl or cyclic N) is 1. The fraction of sp³-hybridized carbons (Fsp3) is 0.269. The van der Waals surface area contributed by atoms with E-state index < -0.39 is 5.72 Å². The quantitative estimate of drug-likeness (QED) is 0.440. The zero-order valence-corrected chi connectivity index (χ0v) is 19.6. The Morgan fingerprint density at radius 1 is 0.875 bits per heavy atom. The molecule has 5 rings (SSSR count). The number of carbonyl (C=O) groups excluding carboxylic acids is 1. The molecule has 166 valence electrons. The van der Waals surface area contributed by atoms with Crippen molar-refractivity contribution in [3.63, 3.8) is 0 Å². The van der Waals surface area contributed by atoms with Crippen molar-refractivity contribution in [1.82, 2.24) is 0 Å². The van der Waals surface area contributed by atoms with E-state index in [0.717, 1.165) is 0 Å². The summed E-state index contributed by atoms with van der Waals surface area (Å²) in [6.07, 6.45) is 2.33. The predicted octanol–water partition coefficient (Wildman–Crippen LogP) is 7.19. The van der Waals surface area contributed by atoms with Gasteiger partial charge in [-0.3, -0.25) is 9.80 Å². The summed E-state index contributed by atoms with van der Waals surface area (Å²) in [6, 6.07) is 21.6. The fourth-order valence-corrected chi connectivity index (χ4v) is 4.31. The molecule has 4 nitrogen and oxygen atoms in total. The van der Waals surface area contributed by atoms with Gasteiger partial charge in [0.1, 0.15) is 0 Å². The van der Waals surface area contributed by atoms with E-state index in [-0.39, 0.29) is 12.6 Å². The van der Waals surface area contributed by atoms with E-state index in [2.05, 4.69) is 6.07 Å². The van der Waals surface area contributed by atoms with Crippen LogP contribution in [0.2, 0.25) is 10.0 Å². The molecule has 3 aromatic carbocycles. The van der Waals surface area contributed by atoms with E-state index >= 15 is 0 Å². The van der Waals surface area contributed by atoms with Crippen LogP contribution < -0.4 is 9.80 Å². The molecule has 3 aromatic rings. The van der Waals surface area contributed by atoms with Crippen LogP contribution >= 0.6 is 23.2 Å². The number of aliphatic hydroxyl groups is 1. The van der Waals surface area contributed by atoms with Crippen LogP contribution in [0, 0.1) is 0 Å². The molecular weight excluding hydrogens is 443 g/mol. The molecule has 1 heterocycles. The summed E-state index contributed by atoms with van der Waals surface area (Å²) >= 11 is 12.1. The van der Waals surface area contributed by atoms with E-state index in [1.165, 1.54) is 23.3 Å². The minimum absolute atomic E-state index is 0.101. The molecule has 2 aliphatic rings. The zero-order valence-electron chi connectivity index (χ0n) is 18.1. The van der Waals surface area contributed by atoms with Crippen molar-refractivity contribution >= 4 is 40.6 Å². The summed E-state index contributed by atoms with van der Waals surface area (Å²) in [5.41, 5.74) is 1.65. The Balaban J connectivity index is 0.00000119. The number of benzene rings is 3. The summed E-state index contributed by atoms with van der Waals surface area (Å²) in [6.45, 7) is 4.10. The van der Waals surface area contributed by atoms with Crippen molar-refractivity contribution in [1.29, 1.82) is 0 Å². The molecule has 0 radical (unpaired) electrons. The van der Waals surface area contributed by atoms with E-state index in [9.17, 15) is 9.90 Å². The van der Waals surface area contributed by atoms with Crippen molar-refractivity contribution in [3.05, 3.63) is 94.0 Å². The van der Waals surface area contributed by atoms with Crippen LogP contribution in [0.15, 0.2) is 72.8 Å². The Bertz CT molecular complexity index is 1100. The third-order valence-corrected chi connectivity index (χ3v) is 6.30. The predicted molar refractivity (Wildman–Crippen MR) is 132 cm³/mol. The number of anilines is 2. The van der Waals surface area contributed by atoms with Gasteiger partial charge in [0.05, 0.1) is 6.54 Å². The van der Waals surface area contributed by atoms with Crippen LogP contribution in [0.3, 0.4) is 0 Å². The summed E-state index contributed by atoms with van der Waals surface area (Å²) in [7, 11) is 0. The van der Waals surface area contributed by atoms with E-state index in [0.29, 0.717) is 32.9 Å². The fourth-order valence-electron chi connectivity index (χ4n) is 4.05. The highest BCUT2D eigenvalue weighted by atomic mass is 35.5. The maximum atomic E-state index is 13.5. The topological polar surface area (TPSA) is 43.8 Å². The van der Waals surface area contributed by atoms with Gasteiger partial charge in [-0.05, 0) is 72.9 Å². The number of carbonyl (C=O) groups is 1. The van der Waals surface area contributed by atoms with Crippen LogP contribution in [-0.2, 0) is 5.72 Å². The average Bonchev–Trinajstić information content (AvgIpc) is 3.63. The number of urea groups is 1. The maximum absolute atomic E-state index is 13.5. The minimum atomic E-state index is -1.52. The van der Waals surface area contributed by atoms with Gasteiger partial charge in [0.2, 0.25) is 0 Å². The lowest BCUT2D eigenvalue weighted by atomic mass is 9.97. The van der Waals surface area contributed by atoms with Crippen LogP contribution in [-0.4, -0.2) is 17.7 Å². The normalized spacial score (nSPS) is 20.2. The highest BCUT2D eigenvalue weighted by Crippen LogP contribution is 2.44. The third kappa shape index (κ3) is 4.23. The molecule has 2 amide bonds. The molecule has 2 fully saturated rings. The SMILES string of the molecule is CC.O=C1N(c2ccc(Cl)cc2)CC(O)(c2cccc(C3CC3)c2)N1c1ccc(Cl)cc1. The van der Waals surface area contributed by atoms with Gasteiger partial charge in [0.15, 0.2) is 5.72 Å². The van der Waals surface area contributed by atoms with Crippen LogP contribution in [0.25, 0.3) is 0 Å². The Kier molecular flexibility index (Phi) is 6.47. The highest BCUT2D eigenvalue weighted by molar-refractivity contribution is 6.31. The van der Waals surface area contributed by atoms with Gasteiger partial charge in [-0.1, -0.05) is 61.3 Å². The Labute approximate surface area is 199 Å². The van der Waals surface area contributed by atoms with Crippen molar-refractivity contribution in [3.8, 4) is 0 Å². The molecule has 1 saturated carbocycles. The van der Waals surface area contributed by atoms with E-state index in [1.54, 1.807) is 53.4 Å². The second-order valence-electron chi connectivity index (χ2n) is 7.87. The average molecular weight is 469 g/mol. The van der Waals surface area contributed by atoms with E-state index in [1.807, 2.05) is 32.0 Å². The first kappa shape index (κ1) is 22.7. The second kappa shape index (κ2) is 9.14. The molecule has 0 spiro atoms. The monoisotopic (exact) mass is 468 g/mol. The molecule has 32 heavy (non-hydrogen) atoms. The number of halogens is 2. The first-order valence-corrected chi connectivity index (χ1v) is 11.7. The van der Waals surface area contributed by atoms with Crippen molar-refractivity contribution in [2.24, 2.45) is 0 Å². The van der Waals surface area contributed by atoms with Crippen LogP contribution in [0.4, 0.5) is 16.2 Å². The van der Waals surface area contributed by atoms with Gasteiger partial charge in [-0.2, -0.15) is 0 Å². The Morgan fingerprint density at radius 3 is 2.00 bits per heavy atom. The lowest BCUT2D eigenvalue weighted by Crippen LogP contribution is -2.44. The van der Waals surface area contributed by atoms with Crippen LogP contribution in [0.5, 0.6) is 0 Å². The first-order chi connectivity index (χ1) is 15.5. The number of hydrogen-bond donors (Lipinski definition) is 1. The van der Waals surface area contributed by atoms with Gasteiger partial charge in [-0.15, -0.1) is 0 Å². The number of amides is 2. The van der Waals surface area contributed by atoms with Crippen LogP contribution in [0.1, 0.15) is 43.7 Å². The molecule has 1 unspecified atom stereocenters. The lowest BCUT2D eigenvalue weighted by molar-refractivity contribution is 0.0655. The Hall–Kier alpha value is -2.53.